The Balaban J connectivity index is 1.22. The van der Waals surface area contributed by atoms with Crippen LogP contribution < -0.4 is 15.4 Å². The zero-order valence-corrected chi connectivity index (χ0v) is 20.3. The number of carbonyl (C=O) groups is 1. The predicted octanol–water partition coefficient (Wildman–Crippen LogP) is 4.76. The van der Waals surface area contributed by atoms with E-state index in [1.807, 2.05) is 24.3 Å². The Morgan fingerprint density at radius 3 is 2.58 bits per heavy atom. The van der Waals surface area contributed by atoms with Crippen molar-refractivity contribution >= 4 is 62.7 Å². The lowest BCUT2D eigenvalue weighted by Crippen LogP contribution is -2.34. The van der Waals surface area contributed by atoms with Gasteiger partial charge in [0.15, 0.2) is 16.3 Å². The molecule has 166 valence electrons. The van der Waals surface area contributed by atoms with Gasteiger partial charge in [-0.15, -0.1) is 0 Å². The molecule has 4 aromatic rings. The molecular weight excluding hydrogens is 551 g/mol. The Hall–Kier alpha value is -3.12. The highest BCUT2D eigenvalue weighted by atomic mass is 127. The highest BCUT2D eigenvalue weighted by Gasteiger charge is 2.23. The number of hydrogen-bond acceptors (Lipinski definition) is 6. The van der Waals surface area contributed by atoms with Crippen molar-refractivity contribution < 1.29 is 9.53 Å². The van der Waals surface area contributed by atoms with Gasteiger partial charge in [0.1, 0.15) is 12.1 Å². The van der Waals surface area contributed by atoms with Crippen molar-refractivity contribution in [2.24, 2.45) is 5.92 Å². The molecule has 1 fully saturated rings. The number of benzene rings is 2. The van der Waals surface area contributed by atoms with Crippen LogP contribution in [0.1, 0.15) is 23.2 Å². The molecule has 0 radical (unpaired) electrons. The molecule has 8 nitrogen and oxygen atoms in total. The monoisotopic (exact) mass is 570 g/mol. The fraction of sp³-hybridized carbons (Fsp3) is 0.174. The molecule has 2 aromatic carbocycles. The summed E-state index contributed by atoms with van der Waals surface area (Å²) in [6.45, 7) is 0.924. The minimum Gasteiger partial charge on any atom is -0.437 e. The van der Waals surface area contributed by atoms with Gasteiger partial charge in [-0.1, -0.05) is 0 Å². The Morgan fingerprint density at radius 2 is 1.85 bits per heavy atom. The summed E-state index contributed by atoms with van der Waals surface area (Å²) in [5.74, 6) is 1.47. The Morgan fingerprint density at radius 1 is 1.09 bits per heavy atom. The van der Waals surface area contributed by atoms with E-state index in [9.17, 15) is 4.79 Å². The molecule has 0 saturated heterocycles. The van der Waals surface area contributed by atoms with Gasteiger partial charge >= 0.3 is 0 Å². The number of halogens is 1. The zero-order chi connectivity index (χ0) is 22.8. The van der Waals surface area contributed by atoms with Crippen molar-refractivity contribution in [3.63, 3.8) is 0 Å². The topological polar surface area (TPSA) is 94.0 Å². The number of hydrogen-bond donors (Lipinski definition) is 2. The summed E-state index contributed by atoms with van der Waals surface area (Å²) < 4.78 is 9.07. The fourth-order valence-electron chi connectivity index (χ4n) is 3.30. The third kappa shape index (κ3) is 5.28. The summed E-state index contributed by atoms with van der Waals surface area (Å²) in [4.78, 5) is 25.4. The molecule has 2 aromatic heterocycles. The molecule has 0 atom stereocenters. The molecule has 33 heavy (non-hydrogen) atoms. The first kappa shape index (κ1) is 21.7. The van der Waals surface area contributed by atoms with Crippen LogP contribution in [0.5, 0.6) is 11.6 Å². The second kappa shape index (κ2) is 9.40. The van der Waals surface area contributed by atoms with Gasteiger partial charge in [0.2, 0.25) is 0 Å². The average Bonchev–Trinajstić information content (AvgIpc) is 3.53. The molecule has 5 rings (SSSR count). The molecular formula is C23H19IN6O2S. The van der Waals surface area contributed by atoms with Crippen LogP contribution in [-0.2, 0) is 6.54 Å². The standard InChI is InChI=1S/C23H19IN6O2S/c24-16-5-3-15(4-6-16)21(31)29-23(33)28-17-7-9-18(10-8-17)32-22-19-20(25-12-26-22)30(13-27-19)11-14-1-2-14/h3-10,12-14H,1-2,11H2,(H2,28,29,31,33). The van der Waals surface area contributed by atoms with Gasteiger partial charge in [0.05, 0.1) is 6.33 Å². The Labute approximate surface area is 208 Å². The normalized spacial score (nSPS) is 13.0. The van der Waals surface area contributed by atoms with Crippen LogP contribution in [0.15, 0.2) is 61.2 Å². The molecule has 1 amide bonds. The number of nitrogens with one attached hydrogen (secondary N) is 2. The second-order valence-corrected chi connectivity index (χ2v) is 9.39. The number of anilines is 1. The van der Waals surface area contributed by atoms with Gasteiger partial charge in [0.25, 0.3) is 11.8 Å². The molecule has 0 spiro atoms. The van der Waals surface area contributed by atoms with Crippen LogP contribution in [0.2, 0.25) is 0 Å². The van der Waals surface area contributed by atoms with Gasteiger partial charge in [-0.3, -0.25) is 10.1 Å². The first-order valence-electron chi connectivity index (χ1n) is 10.4. The smallest absolute Gasteiger partial charge is 0.257 e. The number of thiocarbonyl (C=S) groups is 1. The van der Waals surface area contributed by atoms with Crippen LogP contribution in [-0.4, -0.2) is 30.5 Å². The number of fused-ring (bicyclic) bond motifs is 1. The van der Waals surface area contributed by atoms with Gasteiger partial charge in [-0.2, -0.15) is 4.98 Å². The summed E-state index contributed by atoms with van der Waals surface area (Å²) in [5.41, 5.74) is 2.68. The van der Waals surface area contributed by atoms with E-state index < -0.39 is 0 Å². The zero-order valence-electron chi connectivity index (χ0n) is 17.4. The van der Waals surface area contributed by atoms with Crippen LogP contribution in [0.3, 0.4) is 0 Å². The van der Waals surface area contributed by atoms with Crippen molar-refractivity contribution in [2.75, 3.05) is 5.32 Å². The molecule has 0 aliphatic heterocycles. The highest BCUT2D eigenvalue weighted by molar-refractivity contribution is 14.1. The number of nitrogens with zero attached hydrogens (tertiary/aromatic N) is 4. The summed E-state index contributed by atoms with van der Waals surface area (Å²) in [6, 6.07) is 14.4. The largest absolute Gasteiger partial charge is 0.437 e. The summed E-state index contributed by atoms with van der Waals surface area (Å²) >= 11 is 7.45. The van der Waals surface area contributed by atoms with Crippen molar-refractivity contribution in [3.8, 4) is 11.6 Å². The number of amides is 1. The quantitative estimate of drug-likeness (QED) is 0.255. The molecule has 0 bridgehead atoms. The van der Waals surface area contributed by atoms with E-state index in [0.717, 1.165) is 21.4 Å². The molecule has 10 heteroatoms. The number of imidazole rings is 1. The van der Waals surface area contributed by atoms with Crippen molar-refractivity contribution in [2.45, 2.75) is 19.4 Å². The van der Waals surface area contributed by atoms with E-state index in [2.05, 4.69) is 52.7 Å². The maximum absolute atomic E-state index is 12.3. The number of carbonyl (C=O) groups excluding carboxylic acids is 1. The van der Waals surface area contributed by atoms with Crippen LogP contribution in [0, 0.1) is 9.49 Å². The summed E-state index contributed by atoms with van der Waals surface area (Å²) in [5, 5.41) is 5.90. The SMILES string of the molecule is O=C(NC(=S)Nc1ccc(Oc2ncnc3c2ncn3CC2CC2)cc1)c1ccc(I)cc1. The lowest BCUT2D eigenvalue weighted by molar-refractivity contribution is 0.0977. The number of rotatable bonds is 6. The molecule has 1 aliphatic rings. The first-order chi connectivity index (χ1) is 16.0. The van der Waals surface area contributed by atoms with Crippen molar-refractivity contribution in [1.29, 1.82) is 0 Å². The van der Waals surface area contributed by atoms with E-state index in [-0.39, 0.29) is 11.0 Å². The summed E-state index contributed by atoms with van der Waals surface area (Å²) in [6.07, 6.45) is 5.80. The minimum absolute atomic E-state index is 0.214. The fourth-order valence-corrected chi connectivity index (χ4v) is 3.87. The van der Waals surface area contributed by atoms with Crippen molar-refractivity contribution in [3.05, 3.63) is 70.3 Å². The van der Waals surface area contributed by atoms with Crippen LogP contribution >= 0.6 is 34.8 Å². The van der Waals surface area contributed by atoms with Crippen molar-refractivity contribution in [1.82, 2.24) is 24.8 Å². The summed E-state index contributed by atoms with van der Waals surface area (Å²) in [7, 11) is 0. The lowest BCUT2D eigenvalue weighted by Gasteiger charge is -2.11. The van der Waals surface area contributed by atoms with Gasteiger partial charge < -0.3 is 14.6 Å². The highest BCUT2D eigenvalue weighted by Crippen LogP contribution is 2.32. The van der Waals surface area contributed by atoms with Gasteiger partial charge in [-0.25, -0.2) is 9.97 Å². The number of aromatic nitrogens is 4. The van der Waals surface area contributed by atoms with E-state index in [1.165, 1.54) is 19.2 Å². The van der Waals surface area contributed by atoms with Gasteiger partial charge in [0, 0.05) is 21.4 Å². The molecule has 0 unspecified atom stereocenters. The maximum atomic E-state index is 12.3. The second-order valence-electron chi connectivity index (χ2n) is 7.73. The van der Waals surface area contributed by atoms with E-state index >= 15 is 0 Å². The van der Waals surface area contributed by atoms with Crippen LogP contribution in [0.4, 0.5) is 5.69 Å². The molecule has 1 aliphatic carbocycles. The Bertz CT molecular complexity index is 1320. The predicted molar refractivity (Wildman–Crippen MR) is 137 cm³/mol. The van der Waals surface area contributed by atoms with Gasteiger partial charge in [-0.05, 0) is 102 Å². The van der Waals surface area contributed by atoms with E-state index in [4.69, 9.17) is 17.0 Å². The van der Waals surface area contributed by atoms with E-state index in [0.29, 0.717) is 28.6 Å². The molecule has 1 saturated carbocycles. The molecule has 2 heterocycles. The third-order valence-electron chi connectivity index (χ3n) is 5.18. The maximum Gasteiger partial charge on any atom is 0.257 e. The minimum atomic E-state index is -0.266. The lowest BCUT2D eigenvalue weighted by atomic mass is 10.2. The Kier molecular flexibility index (Phi) is 6.18. The number of ether oxygens (including phenoxy) is 1. The molecule has 2 N–H and O–H groups in total. The third-order valence-corrected chi connectivity index (χ3v) is 6.10. The van der Waals surface area contributed by atoms with E-state index in [1.54, 1.807) is 30.6 Å². The van der Waals surface area contributed by atoms with Crippen LogP contribution in [0.25, 0.3) is 11.2 Å². The first-order valence-corrected chi connectivity index (χ1v) is 11.9. The average molecular weight is 570 g/mol.